The zero-order chi connectivity index (χ0) is 13.0. The van der Waals surface area contributed by atoms with Gasteiger partial charge in [-0.05, 0) is 31.9 Å². The molecule has 1 amide bonds. The molecule has 1 aromatic carbocycles. The number of likely N-dealkylation sites (tertiary alicyclic amines) is 1. The lowest BCUT2D eigenvalue weighted by atomic mass is 10.1. The minimum Gasteiger partial charge on any atom is -0.335 e. The molecule has 2 rings (SSSR count). The molecule has 0 aliphatic carbocycles. The molecule has 18 heavy (non-hydrogen) atoms. The number of amides is 1. The Morgan fingerprint density at radius 1 is 1.39 bits per heavy atom. The van der Waals surface area contributed by atoms with Gasteiger partial charge >= 0.3 is 0 Å². The third-order valence-corrected chi connectivity index (χ3v) is 4.33. The molecule has 1 aliphatic rings. The molecule has 1 unspecified atom stereocenters. The van der Waals surface area contributed by atoms with Gasteiger partial charge in [-0.25, -0.2) is 0 Å². The fourth-order valence-electron chi connectivity index (χ4n) is 2.55. The number of halogens is 1. The quantitative estimate of drug-likeness (QED) is 0.761. The third kappa shape index (κ3) is 3.14. The number of rotatable bonds is 2. The topological polar surface area (TPSA) is 20.3 Å². The Balaban J connectivity index is 2.19. The predicted octanol–water partition coefficient (Wildman–Crippen LogP) is 3.77. The smallest absolute Gasteiger partial charge is 0.254 e. The molecule has 1 saturated heterocycles. The largest absolute Gasteiger partial charge is 0.335 e. The highest BCUT2D eigenvalue weighted by Gasteiger charge is 2.25. The first-order valence-corrected chi connectivity index (χ1v) is 7.78. The predicted molar refractivity (Wildman–Crippen MR) is 78.3 cm³/mol. The number of hydrogen-bond acceptors (Lipinski definition) is 1. The lowest BCUT2D eigenvalue weighted by Gasteiger charge is -2.29. The second-order valence-electron chi connectivity index (χ2n) is 5.03. The van der Waals surface area contributed by atoms with E-state index in [1.165, 1.54) is 12.8 Å². The molecule has 1 atom stereocenters. The minimum absolute atomic E-state index is 0.185. The summed E-state index contributed by atoms with van der Waals surface area (Å²) in [5.41, 5.74) is 1.97. The van der Waals surface area contributed by atoms with E-state index in [9.17, 15) is 4.79 Å². The van der Waals surface area contributed by atoms with Crippen LogP contribution in [0.3, 0.4) is 0 Å². The highest BCUT2D eigenvalue weighted by atomic mass is 79.9. The molecule has 98 valence electrons. The maximum atomic E-state index is 12.6. The summed E-state index contributed by atoms with van der Waals surface area (Å²) in [5.74, 6) is 0.185. The third-order valence-electron chi connectivity index (χ3n) is 3.58. The first kappa shape index (κ1) is 13.6. The van der Waals surface area contributed by atoms with Crippen molar-refractivity contribution in [1.82, 2.24) is 4.90 Å². The van der Waals surface area contributed by atoms with Crippen molar-refractivity contribution in [3.8, 4) is 0 Å². The summed E-state index contributed by atoms with van der Waals surface area (Å²) in [6.45, 7) is 2.92. The molecule has 3 heteroatoms. The molecule has 0 aromatic heterocycles. The van der Waals surface area contributed by atoms with E-state index in [0.717, 1.165) is 35.8 Å². The zero-order valence-corrected chi connectivity index (χ0v) is 12.4. The minimum atomic E-state index is 0.185. The number of benzene rings is 1. The van der Waals surface area contributed by atoms with E-state index in [-0.39, 0.29) is 5.91 Å². The van der Waals surface area contributed by atoms with Gasteiger partial charge in [0, 0.05) is 23.5 Å². The van der Waals surface area contributed by atoms with Gasteiger partial charge < -0.3 is 4.90 Å². The van der Waals surface area contributed by atoms with Crippen molar-refractivity contribution in [2.24, 2.45) is 0 Å². The molecule has 0 radical (unpaired) electrons. The van der Waals surface area contributed by atoms with Crippen molar-refractivity contribution >= 4 is 21.8 Å². The van der Waals surface area contributed by atoms with Crippen LogP contribution in [0.25, 0.3) is 0 Å². The van der Waals surface area contributed by atoms with E-state index >= 15 is 0 Å². The molecule has 0 spiro atoms. The summed E-state index contributed by atoms with van der Waals surface area (Å²) in [5, 5.41) is 0.880. The van der Waals surface area contributed by atoms with Gasteiger partial charge in [-0.3, -0.25) is 4.79 Å². The molecule has 1 heterocycles. The highest BCUT2D eigenvalue weighted by molar-refractivity contribution is 9.09. The van der Waals surface area contributed by atoms with Crippen molar-refractivity contribution in [2.75, 3.05) is 11.9 Å². The number of carbonyl (C=O) groups excluding carboxylic acids is 1. The van der Waals surface area contributed by atoms with Gasteiger partial charge in [-0.2, -0.15) is 0 Å². The van der Waals surface area contributed by atoms with Gasteiger partial charge in [0.25, 0.3) is 5.91 Å². The van der Waals surface area contributed by atoms with E-state index in [0.29, 0.717) is 6.04 Å². The number of aryl methyl sites for hydroxylation is 1. The van der Waals surface area contributed by atoms with E-state index in [1.807, 2.05) is 31.2 Å². The Hall–Kier alpha value is -0.830. The van der Waals surface area contributed by atoms with Crippen molar-refractivity contribution in [3.05, 3.63) is 35.4 Å². The van der Waals surface area contributed by atoms with E-state index in [1.54, 1.807) is 0 Å². The summed E-state index contributed by atoms with van der Waals surface area (Å²) >= 11 is 3.55. The van der Waals surface area contributed by atoms with Crippen LogP contribution < -0.4 is 0 Å². The van der Waals surface area contributed by atoms with Crippen LogP contribution in [0.2, 0.25) is 0 Å². The fraction of sp³-hybridized carbons (Fsp3) is 0.533. The first-order chi connectivity index (χ1) is 8.72. The summed E-state index contributed by atoms with van der Waals surface area (Å²) in [4.78, 5) is 14.6. The van der Waals surface area contributed by atoms with E-state index in [2.05, 4.69) is 20.8 Å². The normalized spacial score (nSPS) is 20.6. The van der Waals surface area contributed by atoms with Crippen molar-refractivity contribution < 1.29 is 4.79 Å². The standard InChI is InChI=1S/C15H20BrNO/c1-12-6-5-7-13(10-12)15(18)17-9-4-2-3-8-14(17)11-16/h5-7,10,14H,2-4,8-9,11H2,1H3. The number of carbonyl (C=O) groups is 1. The lowest BCUT2D eigenvalue weighted by molar-refractivity contribution is 0.0702. The molecule has 1 aliphatic heterocycles. The molecule has 2 nitrogen and oxygen atoms in total. The number of hydrogen-bond donors (Lipinski definition) is 0. The second kappa shape index (κ2) is 6.37. The van der Waals surface area contributed by atoms with Gasteiger partial charge in [0.2, 0.25) is 0 Å². The maximum Gasteiger partial charge on any atom is 0.254 e. The van der Waals surface area contributed by atoms with Crippen LogP contribution in [0.15, 0.2) is 24.3 Å². The van der Waals surface area contributed by atoms with Crippen LogP contribution in [0, 0.1) is 6.92 Å². The van der Waals surface area contributed by atoms with Gasteiger partial charge in [-0.1, -0.05) is 46.5 Å². The molecule has 1 fully saturated rings. The Labute approximate surface area is 117 Å². The summed E-state index contributed by atoms with van der Waals surface area (Å²) in [6, 6.07) is 8.25. The van der Waals surface area contributed by atoms with Crippen LogP contribution in [-0.4, -0.2) is 28.7 Å². The van der Waals surface area contributed by atoms with Gasteiger partial charge in [-0.15, -0.1) is 0 Å². The van der Waals surface area contributed by atoms with Gasteiger partial charge in [0.1, 0.15) is 0 Å². The van der Waals surface area contributed by atoms with Crippen LogP contribution in [0.1, 0.15) is 41.6 Å². The maximum absolute atomic E-state index is 12.6. The van der Waals surface area contributed by atoms with Crippen molar-refractivity contribution in [2.45, 2.75) is 38.6 Å². The van der Waals surface area contributed by atoms with Crippen molar-refractivity contribution in [3.63, 3.8) is 0 Å². The summed E-state index contributed by atoms with van der Waals surface area (Å²) in [6.07, 6.45) is 4.71. The van der Waals surface area contributed by atoms with E-state index < -0.39 is 0 Å². The monoisotopic (exact) mass is 309 g/mol. The highest BCUT2D eigenvalue weighted by Crippen LogP contribution is 2.21. The first-order valence-electron chi connectivity index (χ1n) is 6.66. The second-order valence-corrected chi connectivity index (χ2v) is 5.67. The number of nitrogens with zero attached hydrogens (tertiary/aromatic N) is 1. The van der Waals surface area contributed by atoms with Crippen LogP contribution in [0.5, 0.6) is 0 Å². The van der Waals surface area contributed by atoms with Crippen molar-refractivity contribution in [1.29, 1.82) is 0 Å². The lowest BCUT2D eigenvalue weighted by Crippen LogP contribution is -2.41. The van der Waals surface area contributed by atoms with Crippen LogP contribution >= 0.6 is 15.9 Å². The molecule has 0 bridgehead atoms. The van der Waals surface area contributed by atoms with E-state index in [4.69, 9.17) is 0 Å². The Bertz CT molecular complexity index is 419. The SMILES string of the molecule is Cc1cccc(C(=O)N2CCCCCC2CBr)c1. The van der Waals surface area contributed by atoms with Crippen LogP contribution in [0.4, 0.5) is 0 Å². The molecular weight excluding hydrogens is 290 g/mol. The average Bonchev–Trinajstić information content (AvgIpc) is 2.62. The molecule has 0 saturated carbocycles. The summed E-state index contributed by atoms with van der Waals surface area (Å²) < 4.78 is 0. The Morgan fingerprint density at radius 3 is 2.94 bits per heavy atom. The Kier molecular flexibility index (Phi) is 4.81. The average molecular weight is 310 g/mol. The van der Waals surface area contributed by atoms with Crippen LogP contribution in [-0.2, 0) is 0 Å². The Morgan fingerprint density at radius 2 is 2.22 bits per heavy atom. The number of alkyl halides is 1. The fourth-order valence-corrected chi connectivity index (χ4v) is 3.22. The molecular formula is C15H20BrNO. The zero-order valence-electron chi connectivity index (χ0n) is 10.9. The molecule has 1 aromatic rings. The summed E-state index contributed by atoms with van der Waals surface area (Å²) in [7, 11) is 0. The van der Waals surface area contributed by atoms with Gasteiger partial charge in [0.05, 0.1) is 0 Å². The van der Waals surface area contributed by atoms with Gasteiger partial charge in [0.15, 0.2) is 0 Å². The molecule has 0 N–H and O–H groups in total.